The first-order valence-electron chi connectivity index (χ1n) is 1.74. The Morgan fingerprint density at radius 3 is 2.25 bits per heavy atom. The molecule has 0 spiro atoms. The van der Waals surface area contributed by atoms with Crippen LogP contribution in [0.1, 0.15) is 5.56 Å². The molecular formula is C5H6ClSZn-. The van der Waals surface area contributed by atoms with Gasteiger partial charge in [0.25, 0.3) is 0 Å². The Labute approximate surface area is 72.5 Å². The van der Waals surface area contributed by atoms with Crippen molar-refractivity contribution in [3.63, 3.8) is 0 Å². The predicted octanol–water partition coefficient (Wildman–Crippen LogP) is 2.35. The van der Waals surface area contributed by atoms with E-state index in [1.165, 1.54) is 0 Å². The second-order valence-corrected chi connectivity index (χ2v) is 1.91. The van der Waals surface area contributed by atoms with Gasteiger partial charge in [0, 0.05) is 19.5 Å². The fourth-order valence-corrected chi connectivity index (χ4v) is 0.878. The van der Waals surface area contributed by atoms with Crippen LogP contribution in [0.15, 0.2) is 16.8 Å². The van der Waals surface area contributed by atoms with Crippen molar-refractivity contribution in [1.82, 2.24) is 0 Å². The largest absolute Gasteiger partial charge is 0.234 e. The summed E-state index contributed by atoms with van der Waals surface area (Å²) in [4.78, 5) is 0. The van der Waals surface area contributed by atoms with Crippen molar-refractivity contribution in [2.24, 2.45) is 0 Å². The first-order chi connectivity index (χ1) is 2.89. The zero-order valence-corrected chi connectivity index (χ0v) is 9.06. The molecule has 0 radical (unpaired) electrons. The average Bonchev–Trinajstić information content (AvgIpc) is 1.86. The Bertz CT molecular complexity index is 116. The summed E-state index contributed by atoms with van der Waals surface area (Å²) in [6, 6.07) is 1.99. The maximum Gasteiger partial charge on any atom is 0 e. The van der Waals surface area contributed by atoms with Crippen molar-refractivity contribution in [2.45, 2.75) is 0 Å². The SMILES string of the molecule is Cl.[CH2-]c1ccsc1.[Zn]. The quantitative estimate of drug-likeness (QED) is 0.444. The molecule has 1 aromatic rings. The van der Waals surface area contributed by atoms with E-state index in [4.69, 9.17) is 0 Å². The standard InChI is InChI=1S/C5H5S.ClH.Zn/c1-5-2-3-6-4-5;;/h2-4H,1H2;1H;/q-1;;. The van der Waals surface area contributed by atoms with E-state index in [0.29, 0.717) is 0 Å². The van der Waals surface area contributed by atoms with E-state index in [0.717, 1.165) is 5.56 Å². The van der Waals surface area contributed by atoms with Gasteiger partial charge in [-0.25, -0.2) is 11.3 Å². The summed E-state index contributed by atoms with van der Waals surface area (Å²) >= 11 is 1.68. The molecule has 0 saturated carbocycles. The van der Waals surface area contributed by atoms with Crippen molar-refractivity contribution in [2.75, 3.05) is 0 Å². The Morgan fingerprint density at radius 1 is 1.50 bits per heavy atom. The molecule has 0 aliphatic rings. The molecule has 0 N–H and O–H groups in total. The third kappa shape index (κ3) is 3.48. The summed E-state index contributed by atoms with van der Waals surface area (Å²) in [7, 11) is 0. The van der Waals surface area contributed by atoms with Crippen molar-refractivity contribution < 1.29 is 19.5 Å². The maximum absolute atomic E-state index is 3.69. The number of thiophene rings is 1. The maximum atomic E-state index is 3.69. The Balaban J connectivity index is 0. The van der Waals surface area contributed by atoms with E-state index in [1.54, 1.807) is 11.3 Å². The molecule has 1 heterocycles. The molecular weight excluding hydrogens is 193 g/mol. The zero-order chi connectivity index (χ0) is 4.41. The van der Waals surface area contributed by atoms with Crippen LogP contribution < -0.4 is 0 Å². The summed E-state index contributed by atoms with van der Waals surface area (Å²) < 4.78 is 0. The molecule has 8 heavy (non-hydrogen) atoms. The first kappa shape index (κ1) is 11.3. The van der Waals surface area contributed by atoms with Gasteiger partial charge in [-0.2, -0.15) is 18.6 Å². The minimum atomic E-state index is 0. The van der Waals surface area contributed by atoms with Crippen molar-refractivity contribution in [3.8, 4) is 0 Å². The minimum absolute atomic E-state index is 0. The molecule has 0 atom stereocenters. The molecule has 0 bridgehead atoms. The Kier molecular flexibility index (Phi) is 7.94. The van der Waals surface area contributed by atoms with Gasteiger partial charge in [-0.15, -0.1) is 17.8 Å². The summed E-state index contributed by atoms with van der Waals surface area (Å²) in [6.07, 6.45) is 0. The number of hydrogen-bond acceptors (Lipinski definition) is 1. The second kappa shape index (κ2) is 5.62. The molecule has 0 unspecified atom stereocenters. The van der Waals surface area contributed by atoms with Gasteiger partial charge in [-0.3, -0.25) is 0 Å². The van der Waals surface area contributed by atoms with Crippen LogP contribution in [0.25, 0.3) is 0 Å². The Hall–Kier alpha value is 0.483. The van der Waals surface area contributed by atoms with Crippen molar-refractivity contribution in [3.05, 3.63) is 29.3 Å². The summed E-state index contributed by atoms with van der Waals surface area (Å²) in [5.74, 6) is 0. The molecule has 3 heteroatoms. The molecule has 1 aromatic heterocycles. The summed E-state index contributed by atoms with van der Waals surface area (Å²) in [6.45, 7) is 3.69. The molecule has 1 rings (SSSR count). The fourth-order valence-electron chi connectivity index (χ4n) is 0.293. The Morgan fingerprint density at radius 2 is 2.12 bits per heavy atom. The number of hydrogen-bond donors (Lipinski definition) is 0. The molecule has 0 nitrogen and oxygen atoms in total. The van der Waals surface area contributed by atoms with Gasteiger partial charge in [0.1, 0.15) is 0 Å². The normalized spacial score (nSPS) is 6.50. The third-order valence-electron chi connectivity index (χ3n) is 0.580. The number of rotatable bonds is 0. The molecule has 0 saturated heterocycles. The molecule has 0 amide bonds. The monoisotopic (exact) mass is 197 g/mol. The van der Waals surface area contributed by atoms with Crippen LogP contribution in [0.4, 0.5) is 0 Å². The average molecular weight is 199 g/mol. The van der Waals surface area contributed by atoms with E-state index in [-0.39, 0.29) is 31.9 Å². The van der Waals surface area contributed by atoms with Crippen LogP contribution in [-0.2, 0) is 19.5 Å². The van der Waals surface area contributed by atoms with Crippen LogP contribution in [0.2, 0.25) is 0 Å². The van der Waals surface area contributed by atoms with E-state index in [9.17, 15) is 0 Å². The molecule has 0 aliphatic heterocycles. The van der Waals surface area contributed by atoms with Gasteiger partial charge in [0.05, 0.1) is 0 Å². The van der Waals surface area contributed by atoms with Crippen LogP contribution in [0.3, 0.4) is 0 Å². The molecule has 0 fully saturated rings. The van der Waals surface area contributed by atoms with Crippen LogP contribution in [-0.4, -0.2) is 0 Å². The van der Waals surface area contributed by atoms with Crippen LogP contribution >= 0.6 is 23.7 Å². The predicted molar refractivity (Wildman–Crippen MR) is 36.0 cm³/mol. The van der Waals surface area contributed by atoms with Gasteiger partial charge in [-0.05, 0) is 0 Å². The van der Waals surface area contributed by atoms with Gasteiger partial charge < -0.3 is 0 Å². The van der Waals surface area contributed by atoms with Crippen molar-refractivity contribution in [1.29, 1.82) is 0 Å². The smallest absolute Gasteiger partial charge is 0 e. The second-order valence-electron chi connectivity index (χ2n) is 1.13. The summed E-state index contributed by atoms with van der Waals surface area (Å²) in [5.41, 5.74) is 1.11. The molecule has 42 valence electrons. The zero-order valence-electron chi connectivity index (χ0n) is 4.46. The summed E-state index contributed by atoms with van der Waals surface area (Å²) in [5, 5.41) is 4.03. The minimum Gasteiger partial charge on any atom is -0.234 e. The van der Waals surface area contributed by atoms with E-state index >= 15 is 0 Å². The van der Waals surface area contributed by atoms with Crippen molar-refractivity contribution >= 4 is 23.7 Å². The van der Waals surface area contributed by atoms with Crippen LogP contribution in [0.5, 0.6) is 0 Å². The molecule has 0 aliphatic carbocycles. The third-order valence-corrected chi connectivity index (χ3v) is 1.31. The van der Waals surface area contributed by atoms with Crippen LogP contribution in [0, 0.1) is 6.92 Å². The van der Waals surface area contributed by atoms with Gasteiger partial charge in [-0.1, -0.05) is 5.38 Å². The van der Waals surface area contributed by atoms with E-state index in [1.807, 2.05) is 16.8 Å². The topological polar surface area (TPSA) is 0 Å². The molecule has 0 aromatic carbocycles. The fraction of sp³-hybridized carbons (Fsp3) is 0. The van der Waals surface area contributed by atoms with E-state index in [2.05, 4.69) is 6.92 Å². The number of halogens is 1. The van der Waals surface area contributed by atoms with Gasteiger partial charge >= 0.3 is 0 Å². The van der Waals surface area contributed by atoms with Gasteiger partial charge in [0.15, 0.2) is 0 Å². The van der Waals surface area contributed by atoms with E-state index < -0.39 is 0 Å². The first-order valence-corrected chi connectivity index (χ1v) is 2.68. The van der Waals surface area contributed by atoms with Gasteiger partial charge in [0.2, 0.25) is 0 Å².